The van der Waals surface area contributed by atoms with Crippen LogP contribution in [0.25, 0.3) is 0 Å². The maximum atomic E-state index is 5.48. The summed E-state index contributed by atoms with van der Waals surface area (Å²) in [6, 6.07) is 1.40. The smallest absolute Gasteiger partial charge is 0.0586 e. The lowest BCUT2D eigenvalue weighted by Crippen LogP contribution is -2.49. The molecule has 1 saturated carbocycles. The predicted octanol–water partition coefficient (Wildman–Crippen LogP) is 1.63. The zero-order chi connectivity index (χ0) is 11.4. The Hall–Kier alpha value is -0.120. The molecule has 1 aliphatic carbocycles. The molecule has 0 amide bonds. The van der Waals surface area contributed by atoms with E-state index in [9.17, 15) is 0 Å². The van der Waals surface area contributed by atoms with Gasteiger partial charge < -0.3 is 15.0 Å². The first-order valence-electron chi connectivity index (χ1n) is 6.75. The molecule has 3 unspecified atom stereocenters. The van der Waals surface area contributed by atoms with Crippen LogP contribution >= 0.6 is 0 Å². The van der Waals surface area contributed by atoms with Crippen LogP contribution in [-0.2, 0) is 4.74 Å². The number of hydrogen-bond acceptors (Lipinski definition) is 3. The van der Waals surface area contributed by atoms with Crippen LogP contribution in [0.5, 0.6) is 0 Å². The van der Waals surface area contributed by atoms with E-state index < -0.39 is 0 Å². The normalized spacial score (nSPS) is 37.5. The SMILES string of the molecule is COC1CCCC(NC2CCCN(C)C2)C1. The Bertz CT molecular complexity index is 210. The summed E-state index contributed by atoms with van der Waals surface area (Å²) in [6.45, 7) is 2.48. The van der Waals surface area contributed by atoms with Gasteiger partial charge in [0.15, 0.2) is 0 Å². The van der Waals surface area contributed by atoms with Gasteiger partial charge in [0, 0.05) is 25.7 Å². The summed E-state index contributed by atoms with van der Waals surface area (Å²) in [6.07, 6.45) is 8.29. The molecule has 3 heteroatoms. The number of likely N-dealkylation sites (N-methyl/N-ethyl adjacent to an activating group) is 1. The van der Waals surface area contributed by atoms with E-state index >= 15 is 0 Å². The first kappa shape index (κ1) is 12.3. The minimum absolute atomic E-state index is 0.493. The van der Waals surface area contributed by atoms with Gasteiger partial charge in [-0.05, 0) is 52.1 Å². The van der Waals surface area contributed by atoms with Crippen molar-refractivity contribution in [1.29, 1.82) is 0 Å². The molecule has 3 nitrogen and oxygen atoms in total. The van der Waals surface area contributed by atoms with E-state index in [2.05, 4.69) is 17.3 Å². The summed E-state index contributed by atoms with van der Waals surface area (Å²) in [4.78, 5) is 2.44. The average molecular weight is 226 g/mol. The van der Waals surface area contributed by atoms with Crippen molar-refractivity contribution in [2.75, 3.05) is 27.2 Å². The van der Waals surface area contributed by atoms with Crippen molar-refractivity contribution in [3.8, 4) is 0 Å². The molecule has 94 valence electrons. The van der Waals surface area contributed by atoms with Crippen LogP contribution in [0.1, 0.15) is 38.5 Å². The summed E-state index contributed by atoms with van der Waals surface area (Å²) < 4.78 is 5.48. The van der Waals surface area contributed by atoms with Gasteiger partial charge in [-0.1, -0.05) is 0 Å². The third kappa shape index (κ3) is 3.44. The van der Waals surface area contributed by atoms with E-state index in [0.717, 1.165) is 0 Å². The van der Waals surface area contributed by atoms with Gasteiger partial charge in [0.25, 0.3) is 0 Å². The number of piperidine rings is 1. The lowest BCUT2D eigenvalue weighted by Gasteiger charge is -2.36. The molecule has 2 rings (SSSR count). The molecule has 3 atom stereocenters. The van der Waals surface area contributed by atoms with Gasteiger partial charge in [0.1, 0.15) is 0 Å². The van der Waals surface area contributed by atoms with Crippen LogP contribution in [0.2, 0.25) is 0 Å². The third-order valence-electron chi connectivity index (χ3n) is 4.06. The molecule has 0 radical (unpaired) electrons. The number of likely N-dealkylation sites (tertiary alicyclic amines) is 1. The fourth-order valence-corrected chi connectivity index (χ4v) is 3.15. The highest BCUT2D eigenvalue weighted by atomic mass is 16.5. The Kier molecular flexibility index (Phi) is 4.62. The molecule has 0 aromatic carbocycles. The Morgan fingerprint density at radius 3 is 2.69 bits per heavy atom. The summed E-state index contributed by atoms with van der Waals surface area (Å²) in [7, 11) is 4.08. The van der Waals surface area contributed by atoms with Gasteiger partial charge >= 0.3 is 0 Å². The summed E-state index contributed by atoms with van der Waals surface area (Å²) in [5.41, 5.74) is 0. The average Bonchev–Trinajstić information content (AvgIpc) is 2.29. The molecule has 2 fully saturated rings. The topological polar surface area (TPSA) is 24.5 Å². The van der Waals surface area contributed by atoms with Crippen molar-refractivity contribution in [2.45, 2.75) is 56.7 Å². The summed E-state index contributed by atoms with van der Waals surface area (Å²) in [5.74, 6) is 0. The minimum atomic E-state index is 0.493. The van der Waals surface area contributed by atoms with E-state index in [1.807, 2.05) is 7.11 Å². The largest absolute Gasteiger partial charge is 0.381 e. The zero-order valence-electron chi connectivity index (χ0n) is 10.7. The highest BCUT2D eigenvalue weighted by Gasteiger charge is 2.25. The number of hydrogen-bond donors (Lipinski definition) is 1. The maximum absolute atomic E-state index is 5.48. The number of methoxy groups -OCH3 is 1. The molecule has 1 heterocycles. The standard InChI is InChI=1S/C13H26N2O/c1-15-8-4-6-12(10-15)14-11-5-3-7-13(9-11)16-2/h11-14H,3-10H2,1-2H3. The van der Waals surface area contributed by atoms with Crippen molar-refractivity contribution < 1.29 is 4.74 Å². The molecule has 0 aromatic rings. The number of nitrogens with zero attached hydrogens (tertiary/aromatic N) is 1. The lowest BCUT2D eigenvalue weighted by molar-refractivity contribution is 0.0545. The fraction of sp³-hybridized carbons (Fsp3) is 1.00. The Balaban J connectivity index is 1.75. The molecule has 1 N–H and O–H groups in total. The number of rotatable bonds is 3. The molecule has 16 heavy (non-hydrogen) atoms. The highest BCUT2D eigenvalue weighted by Crippen LogP contribution is 2.22. The molecular weight excluding hydrogens is 200 g/mol. The monoisotopic (exact) mass is 226 g/mol. The Labute approximate surface area is 99.5 Å². The number of nitrogens with one attached hydrogen (secondary N) is 1. The zero-order valence-corrected chi connectivity index (χ0v) is 10.7. The van der Waals surface area contributed by atoms with Crippen molar-refractivity contribution in [2.24, 2.45) is 0 Å². The molecule has 0 bridgehead atoms. The van der Waals surface area contributed by atoms with Gasteiger partial charge in [-0.25, -0.2) is 0 Å². The summed E-state index contributed by atoms with van der Waals surface area (Å²) >= 11 is 0. The van der Waals surface area contributed by atoms with E-state index in [1.165, 1.54) is 51.6 Å². The van der Waals surface area contributed by atoms with Crippen LogP contribution in [0.15, 0.2) is 0 Å². The molecule has 0 spiro atoms. The van der Waals surface area contributed by atoms with Crippen molar-refractivity contribution in [3.63, 3.8) is 0 Å². The van der Waals surface area contributed by atoms with Gasteiger partial charge in [-0.3, -0.25) is 0 Å². The summed E-state index contributed by atoms with van der Waals surface area (Å²) in [5, 5.41) is 3.83. The quantitative estimate of drug-likeness (QED) is 0.791. The van der Waals surface area contributed by atoms with Crippen molar-refractivity contribution in [1.82, 2.24) is 10.2 Å². The van der Waals surface area contributed by atoms with Crippen LogP contribution in [-0.4, -0.2) is 50.3 Å². The second-order valence-electron chi connectivity index (χ2n) is 5.49. The number of ether oxygens (including phenoxy) is 1. The van der Waals surface area contributed by atoms with E-state index in [-0.39, 0.29) is 0 Å². The van der Waals surface area contributed by atoms with Crippen molar-refractivity contribution >= 4 is 0 Å². The second-order valence-corrected chi connectivity index (χ2v) is 5.49. The first-order valence-corrected chi connectivity index (χ1v) is 6.75. The Morgan fingerprint density at radius 1 is 1.12 bits per heavy atom. The predicted molar refractivity (Wildman–Crippen MR) is 66.7 cm³/mol. The van der Waals surface area contributed by atoms with E-state index in [1.54, 1.807) is 0 Å². The van der Waals surface area contributed by atoms with Crippen LogP contribution in [0.4, 0.5) is 0 Å². The van der Waals surface area contributed by atoms with Gasteiger partial charge in [-0.15, -0.1) is 0 Å². The van der Waals surface area contributed by atoms with Gasteiger partial charge in [-0.2, -0.15) is 0 Å². The van der Waals surface area contributed by atoms with Crippen LogP contribution in [0.3, 0.4) is 0 Å². The Morgan fingerprint density at radius 2 is 1.94 bits per heavy atom. The van der Waals surface area contributed by atoms with Crippen LogP contribution < -0.4 is 5.32 Å². The van der Waals surface area contributed by atoms with E-state index in [4.69, 9.17) is 4.74 Å². The van der Waals surface area contributed by atoms with Gasteiger partial charge in [0.05, 0.1) is 6.10 Å². The minimum Gasteiger partial charge on any atom is -0.381 e. The van der Waals surface area contributed by atoms with Gasteiger partial charge in [0.2, 0.25) is 0 Å². The van der Waals surface area contributed by atoms with Crippen LogP contribution in [0, 0.1) is 0 Å². The molecule has 1 saturated heterocycles. The second kappa shape index (κ2) is 5.99. The first-order chi connectivity index (χ1) is 7.78. The molecule has 1 aliphatic heterocycles. The molecule has 0 aromatic heterocycles. The van der Waals surface area contributed by atoms with Crippen molar-refractivity contribution in [3.05, 3.63) is 0 Å². The third-order valence-corrected chi connectivity index (χ3v) is 4.06. The highest BCUT2D eigenvalue weighted by molar-refractivity contribution is 4.84. The fourth-order valence-electron chi connectivity index (χ4n) is 3.15. The molecule has 2 aliphatic rings. The van der Waals surface area contributed by atoms with E-state index in [0.29, 0.717) is 18.2 Å². The maximum Gasteiger partial charge on any atom is 0.0586 e. The lowest BCUT2D eigenvalue weighted by atomic mass is 9.91. The molecular formula is C13H26N2O.